The standard InChI is InChI=1S/C21H21FN2O/c1-14-11-15(2)20-19(12-14)23-21(25-20)17-7-9-24(10-8-17)13-16-3-5-18(22)6-4-16/h3-7,11-12H,8-10,13H2,1-2H3. The average molecular weight is 336 g/mol. The molecule has 0 unspecified atom stereocenters. The van der Waals surface area contributed by atoms with Gasteiger partial charge in [0.2, 0.25) is 5.89 Å². The molecule has 3 aromatic rings. The summed E-state index contributed by atoms with van der Waals surface area (Å²) in [6.07, 6.45) is 3.10. The molecule has 0 spiro atoms. The van der Waals surface area contributed by atoms with Gasteiger partial charge in [-0.2, -0.15) is 0 Å². The maximum atomic E-state index is 13.0. The number of rotatable bonds is 3. The zero-order valence-electron chi connectivity index (χ0n) is 14.6. The lowest BCUT2D eigenvalue weighted by Crippen LogP contribution is -2.28. The van der Waals surface area contributed by atoms with E-state index in [1.807, 2.05) is 12.1 Å². The van der Waals surface area contributed by atoms with Gasteiger partial charge in [-0.3, -0.25) is 4.90 Å². The fourth-order valence-electron chi connectivity index (χ4n) is 3.41. The fourth-order valence-corrected chi connectivity index (χ4v) is 3.41. The molecule has 4 heteroatoms. The molecule has 0 aliphatic carbocycles. The van der Waals surface area contributed by atoms with Crippen LogP contribution in [0.15, 0.2) is 46.9 Å². The highest BCUT2D eigenvalue weighted by molar-refractivity contribution is 5.79. The summed E-state index contributed by atoms with van der Waals surface area (Å²) < 4.78 is 19.0. The quantitative estimate of drug-likeness (QED) is 0.683. The molecule has 128 valence electrons. The molecule has 2 heterocycles. The number of halogens is 1. The summed E-state index contributed by atoms with van der Waals surface area (Å²) >= 11 is 0. The summed E-state index contributed by atoms with van der Waals surface area (Å²) in [7, 11) is 0. The highest BCUT2D eigenvalue weighted by Crippen LogP contribution is 2.28. The van der Waals surface area contributed by atoms with E-state index in [0.717, 1.165) is 54.2 Å². The molecule has 1 aliphatic heterocycles. The normalized spacial score (nSPS) is 15.6. The number of benzene rings is 2. The van der Waals surface area contributed by atoms with Gasteiger partial charge in [-0.25, -0.2) is 9.37 Å². The molecule has 0 saturated carbocycles. The van der Waals surface area contributed by atoms with Crippen LogP contribution in [0.4, 0.5) is 4.39 Å². The maximum Gasteiger partial charge on any atom is 0.223 e. The largest absolute Gasteiger partial charge is 0.436 e. The Morgan fingerprint density at radius 2 is 1.96 bits per heavy atom. The maximum absolute atomic E-state index is 13.0. The van der Waals surface area contributed by atoms with Crippen molar-refractivity contribution in [2.75, 3.05) is 13.1 Å². The third-order valence-corrected chi connectivity index (χ3v) is 4.71. The van der Waals surface area contributed by atoms with Gasteiger partial charge in [-0.1, -0.05) is 24.3 Å². The summed E-state index contributed by atoms with van der Waals surface area (Å²) in [5.74, 6) is 0.552. The van der Waals surface area contributed by atoms with Gasteiger partial charge in [0.15, 0.2) is 5.58 Å². The van der Waals surface area contributed by atoms with E-state index < -0.39 is 0 Å². The zero-order chi connectivity index (χ0) is 17.4. The summed E-state index contributed by atoms with van der Waals surface area (Å²) in [4.78, 5) is 7.02. The highest BCUT2D eigenvalue weighted by Gasteiger charge is 2.18. The minimum atomic E-state index is -0.189. The summed E-state index contributed by atoms with van der Waals surface area (Å²) in [5.41, 5.74) is 6.45. The highest BCUT2D eigenvalue weighted by atomic mass is 19.1. The van der Waals surface area contributed by atoms with Crippen LogP contribution in [0.25, 0.3) is 16.7 Å². The van der Waals surface area contributed by atoms with Gasteiger partial charge in [0.1, 0.15) is 11.3 Å². The van der Waals surface area contributed by atoms with Crippen molar-refractivity contribution in [2.24, 2.45) is 0 Å². The third-order valence-electron chi connectivity index (χ3n) is 4.71. The number of hydrogen-bond donors (Lipinski definition) is 0. The summed E-state index contributed by atoms with van der Waals surface area (Å²) in [5, 5.41) is 0. The molecule has 1 aromatic heterocycles. The number of nitrogens with zero attached hydrogens (tertiary/aromatic N) is 2. The molecule has 0 bridgehead atoms. The van der Waals surface area contributed by atoms with Gasteiger partial charge in [-0.05, 0) is 55.2 Å². The average Bonchev–Trinajstić information content (AvgIpc) is 3.02. The Balaban J connectivity index is 1.50. The molecule has 4 rings (SSSR count). The second-order valence-corrected chi connectivity index (χ2v) is 6.79. The Morgan fingerprint density at radius 1 is 1.16 bits per heavy atom. The van der Waals surface area contributed by atoms with Crippen LogP contribution in [-0.4, -0.2) is 23.0 Å². The first-order valence-electron chi connectivity index (χ1n) is 8.62. The van der Waals surface area contributed by atoms with Crippen molar-refractivity contribution in [3.05, 3.63) is 70.9 Å². The summed E-state index contributed by atoms with van der Waals surface area (Å²) in [6, 6.07) is 10.9. The monoisotopic (exact) mass is 336 g/mol. The van der Waals surface area contributed by atoms with E-state index in [2.05, 4.69) is 41.9 Å². The van der Waals surface area contributed by atoms with Gasteiger partial charge in [0.05, 0.1) is 0 Å². The van der Waals surface area contributed by atoms with Crippen molar-refractivity contribution in [1.29, 1.82) is 0 Å². The minimum absolute atomic E-state index is 0.189. The Morgan fingerprint density at radius 3 is 2.68 bits per heavy atom. The first kappa shape index (κ1) is 16.0. The molecule has 0 amide bonds. The minimum Gasteiger partial charge on any atom is -0.436 e. The number of aromatic nitrogens is 1. The zero-order valence-corrected chi connectivity index (χ0v) is 14.6. The first-order chi connectivity index (χ1) is 12.1. The SMILES string of the molecule is Cc1cc(C)c2oc(C3=CCN(Cc4ccc(F)cc4)CC3)nc2c1. The fraction of sp³-hybridized carbons (Fsp3) is 0.286. The van der Waals surface area contributed by atoms with Gasteiger partial charge >= 0.3 is 0 Å². The van der Waals surface area contributed by atoms with E-state index in [4.69, 9.17) is 4.42 Å². The number of aryl methyl sites for hydroxylation is 2. The van der Waals surface area contributed by atoms with Crippen molar-refractivity contribution in [3.8, 4) is 0 Å². The number of oxazole rings is 1. The van der Waals surface area contributed by atoms with Crippen LogP contribution in [0.5, 0.6) is 0 Å². The van der Waals surface area contributed by atoms with E-state index in [1.54, 1.807) is 0 Å². The molecule has 2 aromatic carbocycles. The predicted octanol–water partition coefficient (Wildman–Crippen LogP) is 4.87. The molecule has 0 radical (unpaired) electrons. The van der Waals surface area contributed by atoms with Gasteiger partial charge < -0.3 is 4.42 Å². The molecule has 0 atom stereocenters. The first-order valence-corrected chi connectivity index (χ1v) is 8.62. The molecule has 0 saturated heterocycles. The lowest BCUT2D eigenvalue weighted by Gasteiger charge is -2.25. The van der Waals surface area contributed by atoms with Gasteiger partial charge in [0, 0.05) is 25.2 Å². The van der Waals surface area contributed by atoms with Crippen LogP contribution in [0.2, 0.25) is 0 Å². The van der Waals surface area contributed by atoms with Crippen LogP contribution >= 0.6 is 0 Å². The second kappa shape index (κ2) is 6.45. The topological polar surface area (TPSA) is 29.3 Å². The second-order valence-electron chi connectivity index (χ2n) is 6.79. The number of hydrogen-bond acceptors (Lipinski definition) is 3. The smallest absolute Gasteiger partial charge is 0.223 e. The van der Waals surface area contributed by atoms with Gasteiger partial charge in [-0.15, -0.1) is 0 Å². The van der Waals surface area contributed by atoms with E-state index in [1.165, 1.54) is 23.3 Å². The number of fused-ring (bicyclic) bond motifs is 1. The Bertz CT molecular complexity index is 940. The molecular weight excluding hydrogens is 315 g/mol. The van der Waals surface area contributed by atoms with Crippen LogP contribution in [0.3, 0.4) is 0 Å². The Kier molecular flexibility index (Phi) is 4.14. The lowest BCUT2D eigenvalue weighted by molar-refractivity contribution is 0.292. The molecule has 0 N–H and O–H groups in total. The van der Waals surface area contributed by atoms with Crippen molar-refractivity contribution in [3.63, 3.8) is 0 Å². The van der Waals surface area contributed by atoms with E-state index in [9.17, 15) is 4.39 Å². The molecule has 0 fully saturated rings. The van der Waals surface area contributed by atoms with Crippen molar-refractivity contribution >= 4 is 16.7 Å². The molecular formula is C21H21FN2O. The van der Waals surface area contributed by atoms with Crippen molar-refractivity contribution in [1.82, 2.24) is 9.88 Å². The molecule has 3 nitrogen and oxygen atoms in total. The van der Waals surface area contributed by atoms with Crippen LogP contribution < -0.4 is 0 Å². The molecule has 25 heavy (non-hydrogen) atoms. The van der Waals surface area contributed by atoms with Gasteiger partial charge in [0.25, 0.3) is 0 Å². The van der Waals surface area contributed by atoms with Crippen LogP contribution in [0.1, 0.15) is 29.0 Å². The van der Waals surface area contributed by atoms with Crippen molar-refractivity contribution < 1.29 is 8.81 Å². The lowest BCUT2D eigenvalue weighted by atomic mass is 10.1. The van der Waals surface area contributed by atoms with Crippen LogP contribution in [-0.2, 0) is 6.54 Å². The Hall–Kier alpha value is -2.46. The van der Waals surface area contributed by atoms with Crippen LogP contribution in [0, 0.1) is 19.7 Å². The molecule has 1 aliphatic rings. The van der Waals surface area contributed by atoms with Crippen molar-refractivity contribution in [2.45, 2.75) is 26.8 Å². The Labute approximate surface area is 146 Å². The summed E-state index contributed by atoms with van der Waals surface area (Å²) in [6.45, 7) is 6.76. The third kappa shape index (κ3) is 3.35. The van der Waals surface area contributed by atoms with E-state index in [-0.39, 0.29) is 5.82 Å². The predicted molar refractivity (Wildman–Crippen MR) is 97.8 cm³/mol. The van der Waals surface area contributed by atoms with E-state index >= 15 is 0 Å². The van der Waals surface area contributed by atoms with E-state index in [0.29, 0.717) is 0 Å².